The van der Waals surface area contributed by atoms with Crippen molar-refractivity contribution in [3.05, 3.63) is 42.5 Å². The maximum absolute atomic E-state index is 12.0. The minimum atomic E-state index is -0.125. The predicted octanol–water partition coefficient (Wildman–Crippen LogP) is 3.01. The summed E-state index contributed by atoms with van der Waals surface area (Å²) in [7, 11) is 1.60. The zero-order chi connectivity index (χ0) is 15.1. The lowest BCUT2D eigenvalue weighted by molar-refractivity contribution is -0.115. The molecule has 0 aliphatic carbocycles. The molecule has 0 saturated heterocycles. The number of thioether (sulfide) groups is 1. The molecule has 0 spiro atoms. The van der Waals surface area contributed by atoms with Crippen LogP contribution in [0.15, 0.2) is 41.3 Å². The Morgan fingerprint density at radius 2 is 2.38 bits per heavy atom. The van der Waals surface area contributed by atoms with Crippen molar-refractivity contribution in [2.24, 2.45) is 0 Å². The average molecular weight is 321 g/mol. The number of ether oxygens (including phenoxy) is 1. The van der Waals surface area contributed by atoms with E-state index in [4.69, 9.17) is 4.74 Å². The van der Waals surface area contributed by atoms with Crippen LogP contribution in [-0.2, 0) is 11.2 Å². The molecule has 2 aromatic rings. The number of nitrogens with zero attached hydrogens (tertiary/aromatic N) is 2. The second kappa shape index (κ2) is 7.80. The lowest BCUT2D eigenvalue weighted by atomic mass is 10.1. The molecule has 1 N–H and O–H groups in total. The zero-order valence-electron chi connectivity index (χ0n) is 11.5. The number of rotatable bonds is 7. The van der Waals surface area contributed by atoms with Crippen LogP contribution in [0, 0.1) is 0 Å². The van der Waals surface area contributed by atoms with Crippen molar-refractivity contribution in [2.75, 3.05) is 18.2 Å². The largest absolute Gasteiger partial charge is 0.497 e. The summed E-state index contributed by atoms with van der Waals surface area (Å²) in [6.07, 6.45) is 2.07. The standard InChI is InChI=1S/C14H15N3O2S2/c1-3-7-20-14-17-16-13(21-14)15-12(18)9-10-5-4-6-11(8-10)19-2/h3-6,8H,1,7,9H2,2H3,(H,15,16,18). The van der Waals surface area contributed by atoms with Gasteiger partial charge in [0.15, 0.2) is 4.34 Å². The molecule has 1 aromatic heterocycles. The van der Waals surface area contributed by atoms with Gasteiger partial charge in [-0.25, -0.2) is 0 Å². The molecule has 0 aliphatic heterocycles. The van der Waals surface area contributed by atoms with Crippen molar-refractivity contribution < 1.29 is 9.53 Å². The molecule has 7 heteroatoms. The lowest BCUT2D eigenvalue weighted by Gasteiger charge is -2.04. The van der Waals surface area contributed by atoms with E-state index in [0.717, 1.165) is 21.4 Å². The maximum atomic E-state index is 12.0. The van der Waals surface area contributed by atoms with Gasteiger partial charge in [0.1, 0.15) is 5.75 Å². The zero-order valence-corrected chi connectivity index (χ0v) is 13.2. The third kappa shape index (κ3) is 4.87. The number of methoxy groups -OCH3 is 1. The fourth-order valence-corrected chi connectivity index (χ4v) is 3.11. The van der Waals surface area contributed by atoms with Gasteiger partial charge in [0, 0.05) is 5.75 Å². The van der Waals surface area contributed by atoms with Crippen LogP contribution in [0.1, 0.15) is 5.56 Å². The Hall–Kier alpha value is -1.86. The van der Waals surface area contributed by atoms with E-state index in [1.807, 2.05) is 24.3 Å². The van der Waals surface area contributed by atoms with Crippen LogP contribution >= 0.6 is 23.1 Å². The molecule has 1 amide bonds. The van der Waals surface area contributed by atoms with Crippen molar-refractivity contribution in [1.82, 2.24) is 10.2 Å². The number of hydrogen-bond donors (Lipinski definition) is 1. The molecule has 0 bridgehead atoms. The number of hydrogen-bond acceptors (Lipinski definition) is 6. The maximum Gasteiger partial charge on any atom is 0.230 e. The number of nitrogens with one attached hydrogen (secondary N) is 1. The summed E-state index contributed by atoms with van der Waals surface area (Å²) >= 11 is 2.89. The number of anilines is 1. The average Bonchev–Trinajstić information content (AvgIpc) is 2.92. The molecule has 0 fully saturated rings. The second-order valence-electron chi connectivity index (χ2n) is 4.05. The number of carbonyl (C=O) groups excluding carboxylic acids is 1. The first kappa shape index (κ1) is 15.5. The molecular weight excluding hydrogens is 306 g/mol. The number of aromatic nitrogens is 2. The smallest absolute Gasteiger partial charge is 0.230 e. The highest BCUT2D eigenvalue weighted by Crippen LogP contribution is 2.25. The van der Waals surface area contributed by atoms with Gasteiger partial charge < -0.3 is 10.1 Å². The number of carbonyl (C=O) groups is 1. The molecule has 0 unspecified atom stereocenters. The molecule has 2 rings (SSSR count). The molecule has 21 heavy (non-hydrogen) atoms. The monoisotopic (exact) mass is 321 g/mol. The van der Waals surface area contributed by atoms with Gasteiger partial charge in [-0.15, -0.1) is 16.8 Å². The van der Waals surface area contributed by atoms with Crippen molar-refractivity contribution >= 4 is 34.1 Å². The van der Waals surface area contributed by atoms with E-state index in [1.165, 1.54) is 23.1 Å². The number of benzene rings is 1. The van der Waals surface area contributed by atoms with Crippen LogP contribution in [-0.4, -0.2) is 29.0 Å². The summed E-state index contributed by atoms with van der Waals surface area (Å²) in [6, 6.07) is 7.42. The van der Waals surface area contributed by atoms with Crippen molar-refractivity contribution in [3.8, 4) is 5.75 Å². The van der Waals surface area contributed by atoms with Gasteiger partial charge in [0.25, 0.3) is 0 Å². The van der Waals surface area contributed by atoms with Crippen LogP contribution in [0.3, 0.4) is 0 Å². The van der Waals surface area contributed by atoms with E-state index in [2.05, 4.69) is 22.1 Å². The quantitative estimate of drug-likeness (QED) is 0.482. The van der Waals surface area contributed by atoms with Gasteiger partial charge in [-0.1, -0.05) is 41.3 Å². The molecule has 0 aliphatic rings. The Morgan fingerprint density at radius 1 is 1.52 bits per heavy atom. The molecule has 1 heterocycles. The van der Waals surface area contributed by atoms with Crippen LogP contribution in [0.2, 0.25) is 0 Å². The van der Waals surface area contributed by atoms with Crippen LogP contribution in [0.25, 0.3) is 0 Å². The first-order valence-electron chi connectivity index (χ1n) is 6.21. The molecule has 0 saturated carbocycles. The molecular formula is C14H15N3O2S2. The van der Waals surface area contributed by atoms with E-state index in [0.29, 0.717) is 5.13 Å². The fourth-order valence-electron chi connectivity index (χ4n) is 1.58. The summed E-state index contributed by atoms with van der Waals surface area (Å²) in [5.74, 6) is 1.38. The van der Waals surface area contributed by atoms with Gasteiger partial charge in [-0.2, -0.15) is 0 Å². The van der Waals surface area contributed by atoms with E-state index in [1.54, 1.807) is 13.2 Å². The Kier molecular flexibility index (Phi) is 5.77. The third-order valence-corrected chi connectivity index (χ3v) is 4.44. The molecule has 1 aromatic carbocycles. The van der Waals surface area contributed by atoms with E-state index >= 15 is 0 Å². The topological polar surface area (TPSA) is 64.1 Å². The Labute approximate surface area is 131 Å². The highest BCUT2D eigenvalue weighted by Gasteiger charge is 2.09. The third-order valence-electron chi connectivity index (χ3n) is 2.48. The van der Waals surface area contributed by atoms with Crippen molar-refractivity contribution in [1.29, 1.82) is 0 Å². The number of amides is 1. The molecule has 5 nitrogen and oxygen atoms in total. The SMILES string of the molecule is C=CCSc1nnc(NC(=O)Cc2cccc(OC)c2)s1. The Bertz CT molecular complexity index is 628. The first-order valence-corrected chi connectivity index (χ1v) is 8.01. The Balaban J connectivity index is 1.91. The highest BCUT2D eigenvalue weighted by molar-refractivity contribution is 8.01. The Morgan fingerprint density at radius 3 is 3.14 bits per heavy atom. The van der Waals surface area contributed by atoms with Gasteiger partial charge in [-0.3, -0.25) is 4.79 Å². The van der Waals surface area contributed by atoms with Crippen molar-refractivity contribution in [2.45, 2.75) is 10.8 Å². The first-order chi connectivity index (χ1) is 10.2. The van der Waals surface area contributed by atoms with Crippen LogP contribution in [0.5, 0.6) is 5.75 Å². The summed E-state index contributed by atoms with van der Waals surface area (Å²) in [5, 5.41) is 11.2. The lowest BCUT2D eigenvalue weighted by Crippen LogP contribution is -2.14. The molecule has 0 radical (unpaired) electrons. The van der Waals surface area contributed by atoms with Gasteiger partial charge in [0.05, 0.1) is 13.5 Å². The summed E-state index contributed by atoms with van der Waals surface area (Å²) in [6.45, 7) is 3.65. The van der Waals surface area contributed by atoms with Gasteiger partial charge in [-0.05, 0) is 17.7 Å². The molecule has 0 atom stereocenters. The fraction of sp³-hybridized carbons (Fsp3) is 0.214. The minimum absolute atomic E-state index is 0.125. The summed E-state index contributed by atoms with van der Waals surface area (Å²) in [4.78, 5) is 12.0. The van der Waals surface area contributed by atoms with Crippen LogP contribution in [0.4, 0.5) is 5.13 Å². The molecule has 110 valence electrons. The predicted molar refractivity (Wildman–Crippen MR) is 86.2 cm³/mol. The van der Waals surface area contributed by atoms with E-state index < -0.39 is 0 Å². The minimum Gasteiger partial charge on any atom is -0.497 e. The normalized spacial score (nSPS) is 10.1. The highest BCUT2D eigenvalue weighted by atomic mass is 32.2. The van der Waals surface area contributed by atoms with Crippen LogP contribution < -0.4 is 10.1 Å². The van der Waals surface area contributed by atoms with E-state index in [9.17, 15) is 4.79 Å². The summed E-state index contributed by atoms with van der Waals surface area (Å²) < 4.78 is 5.94. The van der Waals surface area contributed by atoms with Crippen molar-refractivity contribution in [3.63, 3.8) is 0 Å². The van der Waals surface area contributed by atoms with E-state index in [-0.39, 0.29) is 12.3 Å². The summed E-state index contributed by atoms with van der Waals surface area (Å²) in [5.41, 5.74) is 0.887. The second-order valence-corrected chi connectivity index (χ2v) is 6.29. The van der Waals surface area contributed by atoms with Gasteiger partial charge in [0.2, 0.25) is 11.0 Å². The van der Waals surface area contributed by atoms with Gasteiger partial charge >= 0.3 is 0 Å².